The van der Waals surface area contributed by atoms with Gasteiger partial charge >= 0.3 is 6.61 Å². The lowest BCUT2D eigenvalue weighted by atomic mass is 10.2. The van der Waals surface area contributed by atoms with Crippen molar-refractivity contribution in [2.24, 2.45) is 0 Å². The lowest BCUT2D eigenvalue weighted by Crippen LogP contribution is -2.06. The molecule has 0 spiro atoms. The van der Waals surface area contributed by atoms with E-state index in [1.807, 2.05) is 0 Å². The summed E-state index contributed by atoms with van der Waals surface area (Å²) in [5.74, 6) is -0.266. The molecule has 0 saturated heterocycles. The number of hydrogen-bond donors (Lipinski definition) is 0. The quantitative estimate of drug-likeness (QED) is 0.663. The predicted octanol–water partition coefficient (Wildman–Crippen LogP) is 4.93. The molecule has 0 atom stereocenters. The number of benzene rings is 2. The van der Waals surface area contributed by atoms with Gasteiger partial charge in [-0.1, -0.05) is 41.4 Å². The summed E-state index contributed by atoms with van der Waals surface area (Å²) in [4.78, 5) is -1.05. The molecule has 0 saturated carbocycles. The lowest BCUT2D eigenvalue weighted by Gasteiger charge is -2.09. The number of allylic oxidation sites excluding steroid dienone is 1. The van der Waals surface area contributed by atoms with E-state index in [4.69, 9.17) is 23.2 Å². The number of nitrogens with zero attached hydrogens (tertiary/aromatic N) is 1. The van der Waals surface area contributed by atoms with Gasteiger partial charge in [0.15, 0.2) is 0 Å². The topological polar surface area (TPSA) is 67.2 Å². The number of rotatable bonds is 5. The molecule has 4 nitrogen and oxygen atoms in total. The van der Waals surface area contributed by atoms with E-state index in [0.29, 0.717) is 0 Å². The van der Waals surface area contributed by atoms with E-state index in [0.717, 1.165) is 12.1 Å². The largest absolute Gasteiger partial charge is 0.434 e. The molecule has 0 radical (unpaired) electrons. The SMILES string of the molecule is N#C/C(=C\c1ccccc1OC(F)F)S(=O)(=O)c1cc(Cl)ccc1Cl. The molecule has 0 N–H and O–H groups in total. The van der Waals surface area contributed by atoms with Gasteiger partial charge in [0.05, 0.1) is 9.92 Å². The Morgan fingerprint density at radius 2 is 1.88 bits per heavy atom. The van der Waals surface area contributed by atoms with Crippen LogP contribution in [0.4, 0.5) is 8.78 Å². The highest BCUT2D eigenvalue weighted by Gasteiger charge is 2.24. The van der Waals surface area contributed by atoms with Crippen molar-refractivity contribution < 1.29 is 21.9 Å². The van der Waals surface area contributed by atoms with Crippen LogP contribution in [0, 0.1) is 11.3 Å². The summed E-state index contributed by atoms with van der Waals surface area (Å²) in [5, 5.41) is 9.24. The Bertz CT molecular complexity index is 970. The second-order valence-electron chi connectivity index (χ2n) is 4.61. The maximum absolute atomic E-state index is 12.7. The van der Waals surface area contributed by atoms with Gasteiger partial charge in [0.25, 0.3) is 0 Å². The Kier molecular flexibility index (Phi) is 6.01. The van der Waals surface area contributed by atoms with Crippen molar-refractivity contribution in [2.45, 2.75) is 11.5 Å². The Morgan fingerprint density at radius 3 is 2.52 bits per heavy atom. The molecule has 2 aromatic carbocycles. The molecular formula is C16H9Cl2F2NO3S. The van der Waals surface area contributed by atoms with Crippen molar-refractivity contribution in [3.05, 3.63) is 63.0 Å². The zero-order valence-electron chi connectivity index (χ0n) is 12.3. The third-order valence-corrected chi connectivity index (χ3v) is 5.39. The predicted molar refractivity (Wildman–Crippen MR) is 90.3 cm³/mol. The van der Waals surface area contributed by atoms with E-state index >= 15 is 0 Å². The van der Waals surface area contributed by atoms with Crippen molar-refractivity contribution in [3.8, 4) is 11.8 Å². The Balaban J connectivity index is 2.59. The first kappa shape index (κ1) is 19.2. The number of sulfone groups is 1. The molecule has 0 unspecified atom stereocenters. The van der Waals surface area contributed by atoms with Crippen molar-refractivity contribution in [2.75, 3.05) is 0 Å². The van der Waals surface area contributed by atoms with E-state index in [9.17, 15) is 22.5 Å². The fraction of sp³-hybridized carbons (Fsp3) is 0.0625. The van der Waals surface area contributed by atoms with Crippen molar-refractivity contribution in [1.29, 1.82) is 5.26 Å². The number of nitriles is 1. The van der Waals surface area contributed by atoms with Crippen molar-refractivity contribution in [3.63, 3.8) is 0 Å². The van der Waals surface area contributed by atoms with Crippen LogP contribution in [0.2, 0.25) is 10.0 Å². The number of para-hydroxylation sites is 1. The normalized spacial score (nSPS) is 12.1. The van der Waals surface area contributed by atoms with Crippen LogP contribution in [-0.4, -0.2) is 15.0 Å². The van der Waals surface area contributed by atoms with Gasteiger partial charge < -0.3 is 4.74 Å². The molecule has 25 heavy (non-hydrogen) atoms. The maximum Gasteiger partial charge on any atom is 0.387 e. The van der Waals surface area contributed by atoms with Gasteiger partial charge in [-0.3, -0.25) is 0 Å². The minimum absolute atomic E-state index is 0.000996. The molecule has 0 aliphatic heterocycles. The van der Waals surface area contributed by atoms with Gasteiger partial charge in [0, 0.05) is 10.6 Å². The summed E-state index contributed by atoms with van der Waals surface area (Å²) in [6, 6.07) is 10.8. The van der Waals surface area contributed by atoms with Crippen LogP contribution in [0.15, 0.2) is 52.3 Å². The molecule has 130 valence electrons. The third kappa shape index (κ3) is 4.48. The number of alkyl halides is 2. The van der Waals surface area contributed by atoms with Gasteiger partial charge in [0.2, 0.25) is 9.84 Å². The zero-order chi connectivity index (χ0) is 18.6. The van der Waals surface area contributed by atoms with E-state index in [1.54, 1.807) is 6.07 Å². The second-order valence-corrected chi connectivity index (χ2v) is 7.35. The number of halogens is 4. The first-order valence-electron chi connectivity index (χ1n) is 6.61. The van der Waals surface area contributed by atoms with Crippen molar-refractivity contribution >= 4 is 39.1 Å². The van der Waals surface area contributed by atoms with Gasteiger partial charge in [-0.25, -0.2) is 8.42 Å². The average molecular weight is 404 g/mol. The minimum atomic E-state index is -4.31. The summed E-state index contributed by atoms with van der Waals surface area (Å²) in [6.07, 6.45) is 0.935. The summed E-state index contributed by atoms with van der Waals surface area (Å²) in [6.45, 7) is -3.10. The molecule has 0 fully saturated rings. The fourth-order valence-electron chi connectivity index (χ4n) is 1.92. The standard InChI is InChI=1S/C16H9Cl2F2NO3S/c17-11-5-6-13(18)15(8-11)25(22,23)12(9-21)7-10-3-1-2-4-14(10)24-16(19)20/h1-8,16H/b12-7+. The smallest absolute Gasteiger partial charge is 0.387 e. The number of hydrogen-bond acceptors (Lipinski definition) is 4. The van der Waals surface area contributed by atoms with E-state index in [2.05, 4.69) is 4.74 Å². The minimum Gasteiger partial charge on any atom is -0.434 e. The molecule has 2 rings (SSSR count). The summed E-state index contributed by atoms with van der Waals surface area (Å²) in [7, 11) is -4.31. The third-order valence-electron chi connectivity index (χ3n) is 3.00. The van der Waals surface area contributed by atoms with Crippen LogP contribution in [-0.2, 0) is 9.84 Å². The first-order chi connectivity index (χ1) is 11.8. The Hall–Kier alpha value is -2.14. The molecule has 0 aliphatic rings. The molecule has 0 bridgehead atoms. The molecule has 0 aromatic heterocycles. The van der Waals surface area contributed by atoms with E-state index in [1.165, 1.54) is 36.4 Å². The lowest BCUT2D eigenvalue weighted by molar-refractivity contribution is -0.0499. The van der Waals surface area contributed by atoms with Gasteiger partial charge in [-0.2, -0.15) is 14.0 Å². The first-order valence-corrected chi connectivity index (χ1v) is 8.85. The highest BCUT2D eigenvalue weighted by molar-refractivity contribution is 7.95. The van der Waals surface area contributed by atoms with Gasteiger partial charge in [-0.05, 0) is 30.3 Å². The highest BCUT2D eigenvalue weighted by Crippen LogP contribution is 2.31. The van der Waals surface area contributed by atoms with Gasteiger partial charge in [-0.15, -0.1) is 0 Å². The molecule has 9 heteroatoms. The summed E-state index contributed by atoms with van der Waals surface area (Å²) in [5.41, 5.74) is 0.000996. The second kappa shape index (κ2) is 7.83. The Labute approximate surface area is 152 Å². The molecule has 2 aromatic rings. The zero-order valence-corrected chi connectivity index (χ0v) is 14.6. The number of ether oxygens (including phenoxy) is 1. The van der Waals surface area contributed by atoms with E-state index < -0.39 is 21.4 Å². The van der Waals surface area contributed by atoms with Crippen LogP contribution >= 0.6 is 23.2 Å². The summed E-state index contributed by atoms with van der Waals surface area (Å²) < 4.78 is 54.5. The molecule has 0 amide bonds. The Morgan fingerprint density at radius 1 is 1.20 bits per heavy atom. The maximum atomic E-state index is 12.7. The monoisotopic (exact) mass is 403 g/mol. The van der Waals surface area contributed by atoms with Crippen molar-refractivity contribution in [1.82, 2.24) is 0 Å². The van der Waals surface area contributed by atoms with Crippen LogP contribution < -0.4 is 4.74 Å². The van der Waals surface area contributed by atoms with Crippen LogP contribution in [0.5, 0.6) is 5.75 Å². The van der Waals surface area contributed by atoms with Crippen LogP contribution in [0.1, 0.15) is 5.56 Å². The van der Waals surface area contributed by atoms with Crippen LogP contribution in [0.25, 0.3) is 6.08 Å². The average Bonchev–Trinajstić information content (AvgIpc) is 2.55. The molecule has 0 heterocycles. The molecular weight excluding hydrogens is 395 g/mol. The summed E-state index contributed by atoms with van der Waals surface area (Å²) >= 11 is 11.7. The highest BCUT2D eigenvalue weighted by atomic mass is 35.5. The molecule has 0 aliphatic carbocycles. The van der Waals surface area contributed by atoms with E-state index in [-0.39, 0.29) is 26.3 Å². The van der Waals surface area contributed by atoms with Crippen LogP contribution in [0.3, 0.4) is 0 Å². The fourth-order valence-corrected chi connectivity index (χ4v) is 3.82. The van der Waals surface area contributed by atoms with Gasteiger partial charge in [0.1, 0.15) is 16.7 Å².